The predicted octanol–water partition coefficient (Wildman–Crippen LogP) is 3.33. The molecule has 0 aliphatic rings. The Morgan fingerprint density at radius 3 is 2.55 bits per heavy atom. The van der Waals surface area contributed by atoms with Crippen molar-refractivity contribution in [2.75, 3.05) is 17.8 Å². The molecule has 0 fully saturated rings. The molecule has 0 saturated carbocycles. The smallest absolute Gasteiger partial charge is 0.307 e. The maximum Gasteiger partial charge on any atom is 0.307 e. The Labute approximate surface area is 181 Å². The average molecular weight is 422 g/mol. The lowest BCUT2D eigenvalue weighted by Gasteiger charge is -2.21. The fourth-order valence-corrected chi connectivity index (χ4v) is 3.71. The highest BCUT2D eigenvalue weighted by Crippen LogP contribution is 2.32. The van der Waals surface area contributed by atoms with Crippen LogP contribution in [0.25, 0.3) is 11.1 Å². The van der Waals surface area contributed by atoms with Crippen LogP contribution >= 0.6 is 0 Å². The van der Waals surface area contributed by atoms with Gasteiger partial charge in [-0.2, -0.15) is 10.3 Å². The summed E-state index contributed by atoms with van der Waals surface area (Å²) in [4.78, 5) is 11.9. The van der Waals surface area contributed by atoms with Gasteiger partial charge in [-0.05, 0) is 41.7 Å². The van der Waals surface area contributed by atoms with Crippen LogP contribution in [0, 0.1) is 5.92 Å². The van der Waals surface area contributed by atoms with Crippen LogP contribution in [0.2, 0.25) is 0 Å². The van der Waals surface area contributed by atoms with Crippen LogP contribution in [0.15, 0.2) is 47.6 Å². The molecule has 31 heavy (non-hydrogen) atoms. The number of nitrogens with one attached hydrogen (secondary N) is 1. The van der Waals surface area contributed by atoms with E-state index in [4.69, 9.17) is 5.73 Å². The summed E-state index contributed by atoms with van der Waals surface area (Å²) < 4.78 is 0. The number of benzene rings is 2. The molecule has 162 valence electrons. The Kier molecular flexibility index (Phi) is 6.96. The van der Waals surface area contributed by atoms with E-state index in [9.17, 15) is 9.90 Å². The van der Waals surface area contributed by atoms with Gasteiger partial charge in [0, 0.05) is 19.7 Å². The highest BCUT2D eigenvalue weighted by Gasteiger charge is 2.31. The second kappa shape index (κ2) is 9.84. The second-order valence-electron chi connectivity index (χ2n) is 7.45. The zero-order valence-corrected chi connectivity index (χ0v) is 17.7. The summed E-state index contributed by atoms with van der Waals surface area (Å²) >= 11 is 0. The summed E-state index contributed by atoms with van der Waals surface area (Å²) in [5, 5.41) is 29.5. The fraction of sp³-hybridized carbons (Fsp3) is 0.318. The summed E-state index contributed by atoms with van der Waals surface area (Å²) in [6.45, 7) is 5.51. The minimum atomic E-state index is -0.845. The highest BCUT2D eigenvalue weighted by atomic mass is 16.4. The SMILES string of the molecule is C=NN(C)c1cc(-c2ccc(C[C@H](c3nn[nH]n3)[C@@H](CCC)C(=O)O)cc2)ccc1N. The number of tetrazole rings is 1. The zero-order valence-electron chi connectivity index (χ0n) is 17.7. The van der Waals surface area contributed by atoms with E-state index in [2.05, 4.69) is 32.4 Å². The van der Waals surface area contributed by atoms with Gasteiger partial charge >= 0.3 is 5.97 Å². The monoisotopic (exact) mass is 421 g/mol. The van der Waals surface area contributed by atoms with Gasteiger partial charge in [0.05, 0.1) is 17.3 Å². The summed E-state index contributed by atoms with van der Waals surface area (Å²) in [6, 6.07) is 13.8. The molecule has 1 heterocycles. The van der Waals surface area contributed by atoms with Crippen LogP contribution in [0.3, 0.4) is 0 Å². The molecule has 0 radical (unpaired) electrons. The predicted molar refractivity (Wildman–Crippen MR) is 121 cm³/mol. The van der Waals surface area contributed by atoms with E-state index in [0.717, 1.165) is 28.8 Å². The maximum absolute atomic E-state index is 11.9. The molecule has 2 aromatic carbocycles. The third-order valence-corrected chi connectivity index (χ3v) is 5.43. The van der Waals surface area contributed by atoms with E-state index in [1.165, 1.54) is 0 Å². The molecule has 3 aromatic rings. The molecule has 9 nitrogen and oxygen atoms in total. The molecular formula is C22H27N7O2. The van der Waals surface area contributed by atoms with Gasteiger partial charge in [0.15, 0.2) is 5.82 Å². The molecule has 1 aromatic heterocycles. The molecule has 9 heteroatoms. The van der Waals surface area contributed by atoms with Gasteiger partial charge in [-0.15, -0.1) is 10.2 Å². The minimum Gasteiger partial charge on any atom is -0.481 e. The van der Waals surface area contributed by atoms with Crippen molar-refractivity contribution in [2.45, 2.75) is 32.1 Å². The van der Waals surface area contributed by atoms with Crippen molar-refractivity contribution in [1.29, 1.82) is 0 Å². The van der Waals surface area contributed by atoms with Crippen molar-refractivity contribution < 1.29 is 9.90 Å². The minimum absolute atomic E-state index is 0.363. The van der Waals surface area contributed by atoms with Gasteiger partial charge in [0.1, 0.15) is 0 Å². The fourth-order valence-electron chi connectivity index (χ4n) is 3.71. The number of hydrogen-bond acceptors (Lipinski definition) is 7. The van der Waals surface area contributed by atoms with Gasteiger partial charge in [0.2, 0.25) is 0 Å². The van der Waals surface area contributed by atoms with Gasteiger partial charge < -0.3 is 10.8 Å². The first-order chi connectivity index (χ1) is 14.9. The number of nitrogens with two attached hydrogens (primary N) is 1. The van der Waals surface area contributed by atoms with Gasteiger partial charge in [-0.1, -0.05) is 48.9 Å². The van der Waals surface area contributed by atoms with Crippen molar-refractivity contribution in [3.8, 4) is 11.1 Å². The number of aliphatic carboxylic acids is 1. The number of nitrogen functional groups attached to an aromatic ring is 1. The first-order valence-electron chi connectivity index (χ1n) is 10.1. The summed E-state index contributed by atoms with van der Waals surface area (Å²) in [5.41, 5.74) is 10.5. The number of carboxylic acids is 1. The van der Waals surface area contributed by atoms with E-state index in [1.807, 2.05) is 49.4 Å². The number of carboxylic acid groups (broad SMARTS) is 1. The molecule has 3 rings (SSSR count). The van der Waals surface area contributed by atoms with Gasteiger partial charge in [-0.25, -0.2) is 0 Å². The van der Waals surface area contributed by atoms with Gasteiger partial charge in [-0.3, -0.25) is 9.80 Å². The lowest BCUT2D eigenvalue weighted by atomic mass is 9.83. The molecule has 0 aliphatic heterocycles. The Hall–Kier alpha value is -3.75. The molecule has 0 unspecified atom stereocenters. The number of aromatic nitrogens is 4. The average Bonchev–Trinajstić information content (AvgIpc) is 3.31. The van der Waals surface area contributed by atoms with Crippen LogP contribution in [-0.2, 0) is 11.2 Å². The molecule has 0 spiro atoms. The summed E-state index contributed by atoms with van der Waals surface area (Å²) in [5.74, 6) is -1.36. The Morgan fingerprint density at radius 1 is 1.26 bits per heavy atom. The summed E-state index contributed by atoms with van der Waals surface area (Å²) in [6.07, 6.45) is 1.82. The van der Waals surface area contributed by atoms with Crippen molar-refractivity contribution in [2.24, 2.45) is 11.0 Å². The standard InChI is InChI=1S/C22H27N7O2/c1-4-5-17(22(30)31)18(21-25-27-28-26-21)12-14-6-8-15(9-7-14)16-10-11-19(23)20(13-16)29(3)24-2/h6-11,13,17-18H,2,4-5,12,23H2,1,3H3,(H,30,31)(H,25,26,27,28)/t17-,18+/m1/s1. The molecule has 4 N–H and O–H groups in total. The normalized spacial score (nSPS) is 12.8. The van der Waals surface area contributed by atoms with E-state index in [1.54, 1.807) is 12.1 Å². The first-order valence-corrected chi connectivity index (χ1v) is 10.1. The van der Waals surface area contributed by atoms with Crippen LogP contribution in [0.4, 0.5) is 11.4 Å². The summed E-state index contributed by atoms with van der Waals surface area (Å²) in [7, 11) is 1.79. The second-order valence-corrected chi connectivity index (χ2v) is 7.45. The van der Waals surface area contributed by atoms with Gasteiger partial charge in [0.25, 0.3) is 0 Å². The number of hydrazone groups is 1. The lowest BCUT2D eigenvalue weighted by Crippen LogP contribution is -2.25. The quantitative estimate of drug-likeness (QED) is 0.260. The van der Waals surface area contributed by atoms with E-state index in [0.29, 0.717) is 24.4 Å². The molecule has 0 amide bonds. The van der Waals surface area contributed by atoms with Crippen molar-refractivity contribution in [1.82, 2.24) is 20.6 Å². The topological polar surface area (TPSA) is 133 Å². The Bertz CT molecular complexity index is 1020. The van der Waals surface area contributed by atoms with Crippen molar-refractivity contribution in [3.05, 3.63) is 53.9 Å². The molecule has 2 atom stereocenters. The lowest BCUT2D eigenvalue weighted by molar-refractivity contribution is -0.142. The molecular weight excluding hydrogens is 394 g/mol. The number of rotatable bonds is 10. The molecule has 0 saturated heterocycles. The maximum atomic E-state index is 11.9. The zero-order chi connectivity index (χ0) is 22.4. The third kappa shape index (κ3) is 5.06. The van der Waals surface area contributed by atoms with Crippen LogP contribution < -0.4 is 10.7 Å². The van der Waals surface area contributed by atoms with Crippen LogP contribution in [0.1, 0.15) is 37.1 Å². The Balaban J connectivity index is 1.86. The van der Waals surface area contributed by atoms with E-state index < -0.39 is 11.9 Å². The number of nitrogens with zero attached hydrogens (tertiary/aromatic N) is 5. The van der Waals surface area contributed by atoms with Crippen LogP contribution in [0.5, 0.6) is 0 Å². The Morgan fingerprint density at radius 2 is 1.97 bits per heavy atom. The molecule has 0 bridgehead atoms. The highest BCUT2D eigenvalue weighted by molar-refractivity contribution is 5.77. The van der Waals surface area contributed by atoms with E-state index in [-0.39, 0.29) is 5.92 Å². The number of hydrogen-bond donors (Lipinski definition) is 3. The number of carbonyl (C=O) groups is 1. The van der Waals surface area contributed by atoms with Crippen molar-refractivity contribution in [3.63, 3.8) is 0 Å². The van der Waals surface area contributed by atoms with Crippen LogP contribution in [-0.4, -0.2) is 45.5 Å². The largest absolute Gasteiger partial charge is 0.481 e. The number of H-pyrrole nitrogens is 1. The first kappa shape index (κ1) is 21.9. The van der Waals surface area contributed by atoms with E-state index >= 15 is 0 Å². The number of aromatic amines is 1. The molecule has 0 aliphatic carbocycles. The van der Waals surface area contributed by atoms with Crippen molar-refractivity contribution >= 4 is 24.1 Å². The third-order valence-electron chi connectivity index (χ3n) is 5.43. The number of anilines is 2.